The van der Waals surface area contributed by atoms with Crippen molar-refractivity contribution in [2.75, 3.05) is 31.8 Å². The molecule has 1 amide bonds. The Bertz CT molecular complexity index is 1070. The Labute approximate surface area is 192 Å². The topological polar surface area (TPSA) is 51.7 Å². The highest BCUT2D eigenvalue weighted by molar-refractivity contribution is 7.21. The summed E-state index contributed by atoms with van der Waals surface area (Å²) >= 11 is 1.37. The highest BCUT2D eigenvalue weighted by Crippen LogP contribution is 2.33. The smallest absolute Gasteiger partial charge is 0.471 e. The van der Waals surface area contributed by atoms with Crippen molar-refractivity contribution in [3.05, 3.63) is 42.5 Å². The molecule has 178 valence electrons. The number of nitrogens with zero attached hydrogens (tertiary/aromatic N) is 2. The molecule has 0 saturated carbocycles. The van der Waals surface area contributed by atoms with Crippen LogP contribution in [0.15, 0.2) is 42.5 Å². The van der Waals surface area contributed by atoms with Gasteiger partial charge in [0.25, 0.3) is 0 Å². The number of alkyl halides is 4. The lowest BCUT2D eigenvalue weighted by Crippen LogP contribution is -2.38. The summed E-state index contributed by atoms with van der Waals surface area (Å²) in [5.74, 6) is -1.44. The van der Waals surface area contributed by atoms with Crippen LogP contribution in [-0.2, 0) is 9.53 Å². The molecule has 0 radical (unpaired) electrons. The molecule has 0 fully saturated rings. The second-order valence-corrected chi connectivity index (χ2v) is 8.41. The number of ether oxygens (including phenoxy) is 2. The number of rotatable bonds is 10. The summed E-state index contributed by atoms with van der Waals surface area (Å²) in [6.45, 7) is 2.11. The third-order valence-corrected chi connectivity index (χ3v) is 5.90. The average Bonchev–Trinajstić information content (AvgIpc) is 3.23. The fraction of sp³-hybridized carbons (Fsp3) is 0.391. The normalized spacial score (nSPS) is 12.7. The number of carbonyl (C=O) groups is 1. The number of hydrogen-bond donors (Lipinski definition) is 0. The van der Waals surface area contributed by atoms with Gasteiger partial charge < -0.3 is 14.4 Å². The Morgan fingerprint density at radius 2 is 1.91 bits per heavy atom. The van der Waals surface area contributed by atoms with Gasteiger partial charge in [0.1, 0.15) is 17.4 Å². The third-order valence-electron chi connectivity index (χ3n) is 4.83. The minimum atomic E-state index is -4.94. The maximum absolute atomic E-state index is 13.3. The van der Waals surface area contributed by atoms with Gasteiger partial charge in [-0.2, -0.15) is 13.2 Å². The van der Waals surface area contributed by atoms with E-state index in [2.05, 4.69) is 4.98 Å². The highest BCUT2D eigenvalue weighted by atomic mass is 32.1. The van der Waals surface area contributed by atoms with Crippen molar-refractivity contribution in [3.63, 3.8) is 0 Å². The molecule has 5 nitrogen and oxygen atoms in total. The Hall–Kier alpha value is -2.72. The number of hydrogen-bond acceptors (Lipinski definition) is 5. The van der Waals surface area contributed by atoms with Gasteiger partial charge in [-0.1, -0.05) is 13.3 Å². The number of thiazole rings is 1. The molecule has 3 aromatic rings. The lowest BCUT2D eigenvalue weighted by Gasteiger charge is -2.18. The van der Waals surface area contributed by atoms with Crippen LogP contribution in [0.1, 0.15) is 19.8 Å². The number of unbranched alkanes of at least 4 members (excludes halogenated alkanes) is 1. The molecule has 2 aromatic carbocycles. The summed E-state index contributed by atoms with van der Waals surface area (Å²) in [6, 6.07) is 11.3. The van der Waals surface area contributed by atoms with Crippen molar-refractivity contribution in [2.24, 2.45) is 0 Å². The summed E-state index contributed by atoms with van der Waals surface area (Å²) in [5, 5.41) is 0.656. The second-order valence-electron chi connectivity index (χ2n) is 7.38. The first kappa shape index (κ1) is 24.9. The van der Waals surface area contributed by atoms with Gasteiger partial charge in [0.2, 0.25) is 0 Å². The van der Waals surface area contributed by atoms with E-state index in [0.717, 1.165) is 24.6 Å². The lowest BCUT2D eigenvalue weighted by molar-refractivity contribution is -0.170. The molecule has 1 atom stereocenters. The SMILES string of the molecule is CCCCOCC(CF)Oc1ccc2nc(-c3ccc(N(C)C(=O)C(F)(F)F)cc3)sc2c1. The van der Waals surface area contributed by atoms with E-state index in [1.807, 2.05) is 6.92 Å². The number of carbonyl (C=O) groups excluding carboxylic acids is 1. The molecule has 0 aliphatic heterocycles. The summed E-state index contributed by atoms with van der Waals surface area (Å²) < 4.78 is 63.2. The fourth-order valence-electron chi connectivity index (χ4n) is 3.00. The van der Waals surface area contributed by atoms with E-state index < -0.39 is 24.9 Å². The molecule has 0 bridgehead atoms. The first-order valence-corrected chi connectivity index (χ1v) is 11.2. The molecule has 1 unspecified atom stereocenters. The van der Waals surface area contributed by atoms with Crippen LogP contribution in [0.5, 0.6) is 5.75 Å². The Kier molecular flexibility index (Phi) is 8.25. The molecule has 33 heavy (non-hydrogen) atoms. The van der Waals surface area contributed by atoms with Crippen LogP contribution < -0.4 is 9.64 Å². The Morgan fingerprint density at radius 1 is 1.18 bits per heavy atom. The summed E-state index contributed by atoms with van der Waals surface area (Å²) in [6.07, 6.45) is -3.74. The molecule has 0 saturated heterocycles. The van der Waals surface area contributed by atoms with Gasteiger partial charge in [-0.15, -0.1) is 11.3 Å². The minimum absolute atomic E-state index is 0.122. The zero-order chi connectivity index (χ0) is 24.0. The van der Waals surface area contributed by atoms with Crippen LogP contribution in [0.4, 0.5) is 23.2 Å². The van der Waals surface area contributed by atoms with E-state index in [-0.39, 0.29) is 12.3 Å². The average molecular weight is 485 g/mol. The number of aromatic nitrogens is 1. The lowest BCUT2D eigenvalue weighted by atomic mass is 10.2. The van der Waals surface area contributed by atoms with Crippen molar-refractivity contribution in [1.29, 1.82) is 0 Å². The van der Waals surface area contributed by atoms with Crippen molar-refractivity contribution in [3.8, 4) is 16.3 Å². The van der Waals surface area contributed by atoms with Crippen LogP contribution in [0.25, 0.3) is 20.8 Å². The predicted molar refractivity (Wildman–Crippen MR) is 121 cm³/mol. The largest absolute Gasteiger partial charge is 0.485 e. The Morgan fingerprint density at radius 3 is 2.55 bits per heavy atom. The number of fused-ring (bicyclic) bond motifs is 1. The van der Waals surface area contributed by atoms with E-state index >= 15 is 0 Å². The van der Waals surface area contributed by atoms with E-state index in [1.165, 1.54) is 23.5 Å². The van der Waals surface area contributed by atoms with Crippen LogP contribution in [0.2, 0.25) is 0 Å². The van der Waals surface area contributed by atoms with Gasteiger partial charge in [-0.25, -0.2) is 9.37 Å². The summed E-state index contributed by atoms with van der Waals surface area (Å²) in [7, 11) is 1.07. The van der Waals surface area contributed by atoms with Gasteiger partial charge in [-0.3, -0.25) is 4.79 Å². The zero-order valence-electron chi connectivity index (χ0n) is 18.2. The Balaban J connectivity index is 1.71. The standard InChI is InChI=1S/C23H24F4N2O3S/c1-3-4-11-31-14-18(13-24)32-17-9-10-19-20(12-17)33-21(28-19)15-5-7-16(8-6-15)29(2)22(30)23(25,26)27/h5-10,12,18H,3-4,11,13-14H2,1-2H3. The molecule has 10 heteroatoms. The van der Waals surface area contributed by atoms with E-state index in [1.54, 1.807) is 30.3 Å². The third kappa shape index (κ3) is 6.42. The second kappa shape index (κ2) is 10.9. The quantitative estimate of drug-likeness (QED) is 0.261. The number of halogens is 4. The van der Waals surface area contributed by atoms with Crippen molar-refractivity contribution < 1.29 is 31.8 Å². The van der Waals surface area contributed by atoms with Gasteiger partial charge in [0.15, 0.2) is 6.10 Å². The zero-order valence-corrected chi connectivity index (χ0v) is 19.0. The summed E-state index contributed by atoms with van der Waals surface area (Å²) in [4.78, 5) is 16.5. The van der Waals surface area contributed by atoms with E-state index in [0.29, 0.717) is 33.3 Å². The minimum Gasteiger partial charge on any atom is -0.485 e. The van der Waals surface area contributed by atoms with Crippen LogP contribution >= 0.6 is 11.3 Å². The molecular weight excluding hydrogens is 460 g/mol. The number of anilines is 1. The van der Waals surface area contributed by atoms with Crippen LogP contribution in [-0.4, -0.2) is 50.1 Å². The monoisotopic (exact) mass is 484 g/mol. The van der Waals surface area contributed by atoms with Crippen LogP contribution in [0.3, 0.4) is 0 Å². The van der Waals surface area contributed by atoms with Crippen molar-refractivity contribution in [2.45, 2.75) is 32.0 Å². The maximum Gasteiger partial charge on any atom is 0.471 e. The van der Waals surface area contributed by atoms with Gasteiger partial charge in [-0.05, 0) is 48.9 Å². The van der Waals surface area contributed by atoms with Crippen molar-refractivity contribution >= 4 is 33.1 Å². The molecule has 1 aromatic heterocycles. The molecule has 1 heterocycles. The number of amides is 1. The molecule has 3 rings (SSSR count). The first-order valence-electron chi connectivity index (χ1n) is 10.4. The van der Waals surface area contributed by atoms with Gasteiger partial charge >= 0.3 is 12.1 Å². The number of benzene rings is 2. The molecule has 0 aliphatic carbocycles. The molecular formula is C23H24F4N2O3S. The summed E-state index contributed by atoms with van der Waals surface area (Å²) in [5.41, 5.74) is 1.53. The molecule has 0 aliphatic rings. The first-order chi connectivity index (χ1) is 15.7. The van der Waals surface area contributed by atoms with Crippen LogP contribution in [0, 0.1) is 0 Å². The van der Waals surface area contributed by atoms with Gasteiger partial charge in [0.05, 0.1) is 16.8 Å². The predicted octanol–water partition coefficient (Wildman–Crippen LogP) is 6.02. The molecule has 0 spiro atoms. The highest BCUT2D eigenvalue weighted by Gasteiger charge is 2.41. The molecule has 0 N–H and O–H groups in total. The van der Waals surface area contributed by atoms with E-state index in [9.17, 15) is 22.4 Å². The maximum atomic E-state index is 13.3. The van der Waals surface area contributed by atoms with E-state index in [4.69, 9.17) is 9.47 Å². The fourth-order valence-corrected chi connectivity index (χ4v) is 4.00. The van der Waals surface area contributed by atoms with Crippen molar-refractivity contribution in [1.82, 2.24) is 4.98 Å². The van der Waals surface area contributed by atoms with Gasteiger partial charge in [0, 0.05) is 24.9 Å².